The minimum atomic E-state index is -0.403. The summed E-state index contributed by atoms with van der Waals surface area (Å²) in [5.41, 5.74) is 1.12. The zero-order chi connectivity index (χ0) is 20.4. The number of aryl methyl sites for hydroxylation is 1. The largest absolute Gasteiger partial charge is 0.370 e. The first-order valence-electron chi connectivity index (χ1n) is 9.05. The molecular weight excluding hydrogens is 359 g/mol. The van der Waals surface area contributed by atoms with E-state index in [1.54, 1.807) is 43.4 Å². The summed E-state index contributed by atoms with van der Waals surface area (Å²) >= 11 is 0. The van der Waals surface area contributed by atoms with E-state index in [1.165, 1.54) is 10.7 Å². The number of hydrogen-bond donors (Lipinski definition) is 1. The van der Waals surface area contributed by atoms with Crippen LogP contribution in [0.1, 0.15) is 19.5 Å². The molecule has 0 aliphatic carbocycles. The average Bonchev–Trinajstić information content (AvgIpc) is 2.65. The van der Waals surface area contributed by atoms with E-state index in [-0.39, 0.29) is 23.9 Å². The van der Waals surface area contributed by atoms with Crippen LogP contribution in [0.3, 0.4) is 0 Å². The first kappa shape index (κ1) is 19.5. The molecule has 146 valence electrons. The topological polar surface area (TPSA) is 67.2 Å². The second-order valence-electron chi connectivity index (χ2n) is 7.02. The van der Waals surface area contributed by atoms with Gasteiger partial charge in [-0.1, -0.05) is 18.2 Å². The monoisotopic (exact) mass is 382 g/mol. The minimum absolute atomic E-state index is 0.0239. The third kappa shape index (κ3) is 3.88. The van der Waals surface area contributed by atoms with Crippen LogP contribution in [-0.2, 0) is 18.3 Å². The molecule has 0 saturated heterocycles. The zero-order valence-corrected chi connectivity index (χ0v) is 16.4. The van der Waals surface area contributed by atoms with Crippen LogP contribution in [0.15, 0.2) is 47.3 Å². The number of fused-ring (bicyclic) bond motifs is 1. The molecule has 0 spiro atoms. The van der Waals surface area contributed by atoms with Crippen molar-refractivity contribution in [2.45, 2.75) is 26.3 Å². The van der Waals surface area contributed by atoms with E-state index in [0.29, 0.717) is 27.8 Å². The number of carbonyl (C=O) groups excluding carboxylic acids is 1. The molecule has 28 heavy (non-hydrogen) atoms. The molecule has 3 rings (SSSR count). The average molecular weight is 382 g/mol. The van der Waals surface area contributed by atoms with Gasteiger partial charge in [-0.15, -0.1) is 0 Å². The Balaban J connectivity index is 1.82. The van der Waals surface area contributed by atoms with Gasteiger partial charge in [0.15, 0.2) is 0 Å². The molecule has 0 unspecified atom stereocenters. The first-order chi connectivity index (χ1) is 13.3. The Morgan fingerprint density at radius 1 is 1.21 bits per heavy atom. The lowest BCUT2D eigenvalue weighted by atomic mass is 10.1. The van der Waals surface area contributed by atoms with E-state index in [1.807, 2.05) is 25.8 Å². The van der Waals surface area contributed by atoms with E-state index >= 15 is 0 Å². The highest BCUT2D eigenvalue weighted by molar-refractivity contribution is 5.95. The molecule has 3 aromatic rings. The summed E-state index contributed by atoms with van der Waals surface area (Å²) in [5.74, 6) is -0.736. The normalized spacial score (nSPS) is 11.1. The van der Waals surface area contributed by atoms with Gasteiger partial charge >= 0.3 is 0 Å². The predicted molar refractivity (Wildman–Crippen MR) is 109 cm³/mol. The van der Waals surface area contributed by atoms with Crippen LogP contribution in [0.25, 0.3) is 10.8 Å². The lowest BCUT2D eigenvalue weighted by Crippen LogP contribution is -2.26. The molecule has 0 saturated carbocycles. The molecule has 1 amide bonds. The number of carbonyl (C=O) groups is 1. The highest BCUT2D eigenvalue weighted by Crippen LogP contribution is 2.23. The van der Waals surface area contributed by atoms with Gasteiger partial charge in [-0.2, -0.15) is 5.10 Å². The summed E-state index contributed by atoms with van der Waals surface area (Å²) in [4.78, 5) is 26.5. The van der Waals surface area contributed by atoms with Crippen molar-refractivity contribution in [1.29, 1.82) is 0 Å². The maximum atomic E-state index is 14.4. The number of nitrogens with one attached hydrogen (secondary N) is 1. The lowest BCUT2D eigenvalue weighted by molar-refractivity contribution is -0.115. The molecule has 7 heteroatoms. The van der Waals surface area contributed by atoms with E-state index in [0.717, 1.165) is 0 Å². The molecule has 0 fully saturated rings. The van der Waals surface area contributed by atoms with Crippen LogP contribution >= 0.6 is 0 Å². The predicted octanol–water partition coefficient (Wildman–Crippen LogP) is 3.10. The summed E-state index contributed by atoms with van der Waals surface area (Å²) in [6, 6.07) is 11.8. The summed E-state index contributed by atoms with van der Waals surface area (Å²) in [7, 11) is 3.37. The number of aromatic nitrogens is 2. The number of halogens is 1. The van der Waals surface area contributed by atoms with E-state index in [9.17, 15) is 14.0 Å². The van der Waals surface area contributed by atoms with Crippen LogP contribution in [0.5, 0.6) is 0 Å². The van der Waals surface area contributed by atoms with Crippen molar-refractivity contribution in [2.75, 3.05) is 17.3 Å². The fourth-order valence-corrected chi connectivity index (χ4v) is 3.01. The van der Waals surface area contributed by atoms with Crippen molar-refractivity contribution in [1.82, 2.24) is 9.78 Å². The third-order valence-corrected chi connectivity index (χ3v) is 4.75. The smallest absolute Gasteiger partial charge is 0.274 e. The molecule has 1 aromatic heterocycles. The maximum Gasteiger partial charge on any atom is 0.274 e. The van der Waals surface area contributed by atoms with E-state index in [4.69, 9.17) is 0 Å². The molecule has 0 aliphatic rings. The number of amides is 1. The van der Waals surface area contributed by atoms with Gasteiger partial charge in [0.2, 0.25) is 5.91 Å². The molecule has 2 aromatic carbocycles. The summed E-state index contributed by atoms with van der Waals surface area (Å²) in [6.45, 7) is 3.94. The highest BCUT2D eigenvalue weighted by Gasteiger charge is 2.15. The number of hydrogen-bond acceptors (Lipinski definition) is 4. The van der Waals surface area contributed by atoms with Crippen molar-refractivity contribution in [3.8, 4) is 0 Å². The lowest BCUT2D eigenvalue weighted by Gasteiger charge is -2.24. The summed E-state index contributed by atoms with van der Waals surface area (Å²) in [5, 5.41) is 8.07. The molecule has 1 heterocycles. The number of rotatable bonds is 5. The number of nitrogens with zero attached hydrogens (tertiary/aromatic N) is 3. The van der Waals surface area contributed by atoms with Gasteiger partial charge in [0.1, 0.15) is 5.82 Å². The molecule has 6 nitrogen and oxygen atoms in total. The van der Waals surface area contributed by atoms with E-state index < -0.39 is 5.82 Å². The fourth-order valence-electron chi connectivity index (χ4n) is 3.01. The second kappa shape index (κ2) is 7.80. The molecular formula is C21H23FN4O2. The minimum Gasteiger partial charge on any atom is -0.370 e. The first-order valence-corrected chi connectivity index (χ1v) is 9.05. The summed E-state index contributed by atoms with van der Waals surface area (Å²) in [6.07, 6.45) is -0.0239. The van der Waals surface area contributed by atoms with Gasteiger partial charge in [-0.3, -0.25) is 9.59 Å². The molecule has 0 bridgehead atoms. The van der Waals surface area contributed by atoms with Crippen LogP contribution in [-0.4, -0.2) is 28.8 Å². The van der Waals surface area contributed by atoms with Gasteiger partial charge in [0.05, 0.1) is 23.2 Å². The Morgan fingerprint density at radius 3 is 2.54 bits per heavy atom. The standard InChI is InChI=1S/C21H23FN4O2/c1-13(2)25(3)19-10-9-14(11-17(19)22)23-20(27)12-18-15-7-5-6-8-16(15)21(28)26(4)24-18/h5-11,13H,12H2,1-4H3,(H,23,27). The third-order valence-electron chi connectivity index (χ3n) is 4.75. The van der Waals surface area contributed by atoms with Gasteiger partial charge in [-0.25, -0.2) is 9.07 Å². The van der Waals surface area contributed by atoms with Crippen LogP contribution in [0.4, 0.5) is 15.8 Å². The quantitative estimate of drug-likeness (QED) is 0.736. The number of anilines is 2. The summed E-state index contributed by atoms with van der Waals surface area (Å²) < 4.78 is 15.6. The SMILES string of the molecule is CC(C)N(C)c1ccc(NC(=O)Cc2nn(C)c(=O)c3ccccc23)cc1F. The van der Waals surface area contributed by atoms with Gasteiger partial charge in [0.25, 0.3) is 5.56 Å². The van der Waals surface area contributed by atoms with Crippen molar-refractivity contribution in [3.63, 3.8) is 0 Å². The molecule has 1 N–H and O–H groups in total. The van der Waals surface area contributed by atoms with Crippen molar-refractivity contribution in [3.05, 3.63) is 64.3 Å². The Morgan fingerprint density at radius 2 is 1.89 bits per heavy atom. The van der Waals surface area contributed by atoms with E-state index in [2.05, 4.69) is 10.4 Å². The van der Waals surface area contributed by atoms with Gasteiger partial charge in [-0.05, 0) is 38.1 Å². The van der Waals surface area contributed by atoms with Crippen molar-refractivity contribution < 1.29 is 9.18 Å². The Hall–Kier alpha value is -3.22. The highest BCUT2D eigenvalue weighted by atomic mass is 19.1. The Kier molecular flexibility index (Phi) is 5.44. The fraction of sp³-hybridized carbons (Fsp3) is 0.286. The molecule has 0 radical (unpaired) electrons. The van der Waals surface area contributed by atoms with Gasteiger partial charge in [0, 0.05) is 31.2 Å². The zero-order valence-electron chi connectivity index (χ0n) is 16.4. The van der Waals surface area contributed by atoms with Crippen LogP contribution in [0, 0.1) is 5.82 Å². The molecule has 0 aliphatic heterocycles. The van der Waals surface area contributed by atoms with Gasteiger partial charge < -0.3 is 10.2 Å². The second-order valence-corrected chi connectivity index (χ2v) is 7.02. The van der Waals surface area contributed by atoms with Crippen molar-refractivity contribution >= 4 is 28.1 Å². The maximum absolute atomic E-state index is 14.4. The Bertz CT molecular complexity index is 1090. The molecule has 0 atom stereocenters. The van der Waals surface area contributed by atoms with Crippen LogP contribution < -0.4 is 15.8 Å². The van der Waals surface area contributed by atoms with Crippen LogP contribution in [0.2, 0.25) is 0 Å². The Labute approximate surface area is 162 Å². The van der Waals surface area contributed by atoms with Crippen molar-refractivity contribution in [2.24, 2.45) is 7.05 Å². The number of benzene rings is 2.